The van der Waals surface area contributed by atoms with Crippen molar-refractivity contribution in [3.63, 3.8) is 0 Å². The fourth-order valence-electron chi connectivity index (χ4n) is 2.54. The van der Waals surface area contributed by atoms with Gasteiger partial charge in [-0.25, -0.2) is 0 Å². The monoisotopic (exact) mass is 272 g/mol. The number of nitrogens with one attached hydrogen (secondary N) is 1. The predicted molar refractivity (Wildman–Crippen MR) is 71.8 cm³/mol. The molecule has 0 bridgehead atoms. The second-order valence-electron chi connectivity index (χ2n) is 5.59. The summed E-state index contributed by atoms with van der Waals surface area (Å²) >= 11 is 0. The van der Waals surface area contributed by atoms with Crippen molar-refractivity contribution in [2.45, 2.75) is 32.9 Å². The van der Waals surface area contributed by atoms with Gasteiger partial charge in [0.2, 0.25) is 5.91 Å². The second-order valence-corrected chi connectivity index (χ2v) is 5.59. The molecule has 0 aromatic heterocycles. The van der Waals surface area contributed by atoms with Gasteiger partial charge in [-0.2, -0.15) is 5.26 Å². The molecule has 1 aliphatic carbocycles. The minimum absolute atomic E-state index is 0.189. The number of amides is 1. The van der Waals surface area contributed by atoms with Gasteiger partial charge in [-0.05, 0) is 37.6 Å². The summed E-state index contributed by atoms with van der Waals surface area (Å²) in [6.45, 7) is 4.65. The van der Waals surface area contributed by atoms with Crippen LogP contribution in [0.4, 0.5) is 0 Å². The molecule has 0 saturated heterocycles. The molecule has 2 rings (SSSR count). The zero-order valence-electron chi connectivity index (χ0n) is 11.6. The Bertz CT molecular complexity index is 628. The molecule has 5 heteroatoms. The van der Waals surface area contributed by atoms with E-state index < -0.39 is 17.6 Å². The number of nitriles is 1. The lowest BCUT2D eigenvalue weighted by atomic mass is 9.68. The summed E-state index contributed by atoms with van der Waals surface area (Å²) < 4.78 is 0. The molecule has 1 aliphatic rings. The smallest absolute Gasteiger partial charge is 0.217 e. The average Bonchev–Trinajstić information content (AvgIpc) is 2.41. The van der Waals surface area contributed by atoms with Gasteiger partial charge in [0.1, 0.15) is 0 Å². The Kier molecular flexibility index (Phi) is 3.36. The number of carbonyl (C=O) groups is 2. The Hall–Kier alpha value is -2.19. The highest BCUT2D eigenvalue weighted by atomic mass is 16.3. The van der Waals surface area contributed by atoms with Gasteiger partial charge in [0.05, 0.1) is 29.2 Å². The molecule has 104 valence electrons. The zero-order chi connectivity index (χ0) is 15.1. The molecule has 20 heavy (non-hydrogen) atoms. The van der Waals surface area contributed by atoms with E-state index in [0.717, 1.165) is 0 Å². The predicted octanol–water partition coefficient (Wildman–Crippen LogP) is 1.32. The number of aliphatic hydroxyl groups is 1. The number of rotatable bonds is 1. The molecule has 0 radical (unpaired) electrons. The van der Waals surface area contributed by atoms with Crippen molar-refractivity contribution < 1.29 is 14.7 Å². The number of nitrogens with zero attached hydrogens (tertiary/aromatic N) is 1. The first-order valence-corrected chi connectivity index (χ1v) is 6.33. The number of Topliss-reactive ketones (excluding diaryl/α,β-unsaturated/α-hetero) is 1. The van der Waals surface area contributed by atoms with Gasteiger partial charge in [-0.3, -0.25) is 9.59 Å². The van der Waals surface area contributed by atoms with Crippen LogP contribution in [-0.4, -0.2) is 22.9 Å². The molecule has 2 N–H and O–H groups in total. The van der Waals surface area contributed by atoms with Gasteiger partial charge in [-0.15, -0.1) is 0 Å². The van der Waals surface area contributed by atoms with Crippen LogP contribution < -0.4 is 5.32 Å². The van der Waals surface area contributed by atoms with Crippen LogP contribution in [0.5, 0.6) is 0 Å². The molecular formula is C15H16N2O3. The lowest BCUT2D eigenvalue weighted by Gasteiger charge is -2.40. The Morgan fingerprint density at radius 3 is 2.65 bits per heavy atom. The van der Waals surface area contributed by atoms with Crippen molar-refractivity contribution in [3.8, 4) is 6.07 Å². The quantitative estimate of drug-likeness (QED) is 0.806. The SMILES string of the molecule is CC(=O)N[C@H]1c2cc(C#N)ccc2C(=O)C(C)(C)[C@@H]1O. The maximum atomic E-state index is 12.4. The van der Waals surface area contributed by atoms with Gasteiger partial charge in [-0.1, -0.05) is 0 Å². The first kappa shape index (κ1) is 14.2. The van der Waals surface area contributed by atoms with Gasteiger partial charge in [0.15, 0.2) is 5.78 Å². The second kappa shape index (κ2) is 4.73. The molecule has 5 nitrogen and oxygen atoms in total. The van der Waals surface area contributed by atoms with E-state index in [9.17, 15) is 14.7 Å². The van der Waals surface area contributed by atoms with Crippen molar-refractivity contribution in [3.05, 3.63) is 34.9 Å². The molecule has 0 aliphatic heterocycles. The summed E-state index contributed by atoms with van der Waals surface area (Å²) in [5, 5.41) is 22.0. The number of ketones is 1. The van der Waals surface area contributed by atoms with Crippen LogP contribution in [0, 0.1) is 16.7 Å². The third-order valence-electron chi connectivity index (χ3n) is 3.76. The molecular weight excluding hydrogens is 256 g/mol. The Morgan fingerprint density at radius 1 is 1.45 bits per heavy atom. The van der Waals surface area contributed by atoms with Crippen molar-refractivity contribution in [1.82, 2.24) is 5.32 Å². The third kappa shape index (κ3) is 2.08. The van der Waals surface area contributed by atoms with Gasteiger partial charge >= 0.3 is 0 Å². The highest BCUT2D eigenvalue weighted by Gasteiger charge is 2.47. The standard InChI is InChI=1S/C15H16N2O3/c1-8(18)17-12-11-6-9(7-16)4-5-10(11)13(19)15(2,3)14(12)20/h4-6,12,14,20H,1-3H3,(H,17,18)/t12-,14+/m0/s1. The average molecular weight is 272 g/mol. The molecule has 1 amide bonds. The van der Waals surface area contributed by atoms with E-state index in [-0.39, 0.29) is 11.7 Å². The van der Waals surface area contributed by atoms with Gasteiger partial charge in [0, 0.05) is 12.5 Å². The summed E-state index contributed by atoms with van der Waals surface area (Å²) in [5.74, 6) is -0.487. The summed E-state index contributed by atoms with van der Waals surface area (Å²) in [6, 6.07) is 6.00. The van der Waals surface area contributed by atoms with E-state index in [4.69, 9.17) is 5.26 Å². The van der Waals surface area contributed by atoms with E-state index in [1.807, 2.05) is 6.07 Å². The fraction of sp³-hybridized carbons (Fsp3) is 0.400. The van der Waals surface area contributed by atoms with Crippen molar-refractivity contribution in [1.29, 1.82) is 5.26 Å². The van der Waals surface area contributed by atoms with Crippen molar-refractivity contribution >= 4 is 11.7 Å². The van der Waals surface area contributed by atoms with Crippen LogP contribution in [0.2, 0.25) is 0 Å². The van der Waals surface area contributed by atoms with Crippen LogP contribution >= 0.6 is 0 Å². The summed E-state index contributed by atoms with van der Waals surface area (Å²) in [4.78, 5) is 23.8. The number of aliphatic hydroxyl groups excluding tert-OH is 1. The first-order valence-electron chi connectivity index (χ1n) is 6.33. The van der Waals surface area contributed by atoms with Gasteiger partial charge in [0.25, 0.3) is 0 Å². The molecule has 0 heterocycles. The van der Waals surface area contributed by atoms with Crippen LogP contribution in [0.1, 0.15) is 48.3 Å². The van der Waals surface area contributed by atoms with E-state index >= 15 is 0 Å². The lowest BCUT2D eigenvalue weighted by Crippen LogP contribution is -2.51. The van der Waals surface area contributed by atoms with Gasteiger partial charge < -0.3 is 10.4 Å². The zero-order valence-corrected chi connectivity index (χ0v) is 11.6. The Morgan fingerprint density at radius 2 is 2.10 bits per heavy atom. The maximum absolute atomic E-state index is 12.4. The fourth-order valence-corrected chi connectivity index (χ4v) is 2.54. The first-order chi connectivity index (χ1) is 9.28. The number of carbonyl (C=O) groups excluding carboxylic acids is 2. The molecule has 1 aromatic carbocycles. The van der Waals surface area contributed by atoms with Crippen molar-refractivity contribution in [2.24, 2.45) is 5.41 Å². The molecule has 0 spiro atoms. The maximum Gasteiger partial charge on any atom is 0.217 e. The van der Waals surface area contributed by atoms with Crippen LogP contribution in [0.25, 0.3) is 0 Å². The largest absolute Gasteiger partial charge is 0.390 e. The van der Waals surface area contributed by atoms with Crippen molar-refractivity contribution in [2.75, 3.05) is 0 Å². The van der Waals surface area contributed by atoms with E-state index in [2.05, 4.69) is 5.32 Å². The molecule has 1 aromatic rings. The van der Waals surface area contributed by atoms with E-state index in [1.54, 1.807) is 32.0 Å². The number of hydrogen-bond acceptors (Lipinski definition) is 4. The number of benzene rings is 1. The number of hydrogen-bond donors (Lipinski definition) is 2. The van der Waals surface area contributed by atoms with E-state index in [0.29, 0.717) is 16.7 Å². The highest BCUT2D eigenvalue weighted by Crippen LogP contribution is 2.41. The molecule has 0 fully saturated rings. The lowest BCUT2D eigenvalue weighted by molar-refractivity contribution is -0.121. The number of fused-ring (bicyclic) bond motifs is 1. The minimum atomic E-state index is -1.04. The van der Waals surface area contributed by atoms with E-state index in [1.165, 1.54) is 6.92 Å². The van der Waals surface area contributed by atoms with Crippen LogP contribution in [0.15, 0.2) is 18.2 Å². The minimum Gasteiger partial charge on any atom is -0.390 e. The summed E-state index contributed by atoms with van der Waals surface area (Å²) in [6.07, 6.45) is -1.04. The third-order valence-corrected chi connectivity index (χ3v) is 3.76. The normalized spacial score (nSPS) is 23.6. The molecule has 2 atom stereocenters. The van der Waals surface area contributed by atoms with Crippen LogP contribution in [-0.2, 0) is 4.79 Å². The summed E-state index contributed by atoms with van der Waals surface area (Å²) in [7, 11) is 0. The highest BCUT2D eigenvalue weighted by molar-refractivity contribution is 6.03. The van der Waals surface area contributed by atoms with Crippen LogP contribution in [0.3, 0.4) is 0 Å². The Labute approximate surface area is 117 Å². The molecule has 0 saturated carbocycles. The topological polar surface area (TPSA) is 90.2 Å². The Balaban J connectivity index is 2.64. The summed E-state index contributed by atoms with van der Waals surface area (Å²) in [5.41, 5.74) is 0.335. The molecule has 0 unspecified atom stereocenters.